The quantitative estimate of drug-likeness (QED) is 0.540. The molecule has 0 spiro atoms. The van der Waals surface area contributed by atoms with Crippen LogP contribution in [0.25, 0.3) is 0 Å². The van der Waals surface area contributed by atoms with Crippen LogP contribution in [0.4, 0.5) is 4.39 Å². The number of nitrogens with one attached hydrogen (secondary N) is 1. The highest BCUT2D eigenvalue weighted by molar-refractivity contribution is 7.87. The molecule has 0 fully saturated rings. The van der Waals surface area contributed by atoms with Gasteiger partial charge in [0.05, 0.1) is 13.7 Å². The molecule has 0 aromatic heterocycles. The standard InChI is InChI=1S/C17H20FNO5S/c1-22-10-9-19-12-13-3-8-16(23-2)17(11-13)24-25(20,21)15-6-4-14(18)5-7-15/h3-8,11,19H,9-10,12H2,1-2H3. The molecule has 6 nitrogen and oxygen atoms in total. The van der Waals surface area contributed by atoms with E-state index in [1.165, 1.54) is 7.11 Å². The van der Waals surface area contributed by atoms with Crippen LogP contribution in [0.2, 0.25) is 0 Å². The molecule has 0 aliphatic rings. The van der Waals surface area contributed by atoms with Gasteiger partial charge in [0.2, 0.25) is 0 Å². The van der Waals surface area contributed by atoms with Gasteiger partial charge in [-0.1, -0.05) is 6.07 Å². The summed E-state index contributed by atoms with van der Waals surface area (Å²) in [7, 11) is -1.06. The maximum absolute atomic E-state index is 13.0. The Morgan fingerprint density at radius 3 is 2.40 bits per heavy atom. The van der Waals surface area contributed by atoms with Crippen molar-refractivity contribution in [2.75, 3.05) is 27.4 Å². The zero-order valence-corrected chi connectivity index (χ0v) is 14.8. The Morgan fingerprint density at radius 2 is 1.76 bits per heavy atom. The average molecular weight is 369 g/mol. The van der Waals surface area contributed by atoms with E-state index in [2.05, 4.69) is 5.32 Å². The first-order valence-corrected chi connectivity index (χ1v) is 8.93. The second-order valence-corrected chi connectivity index (χ2v) is 6.69. The summed E-state index contributed by atoms with van der Waals surface area (Å²) in [5, 5.41) is 3.16. The van der Waals surface area contributed by atoms with Gasteiger partial charge in [-0.05, 0) is 42.0 Å². The molecule has 25 heavy (non-hydrogen) atoms. The summed E-state index contributed by atoms with van der Waals surface area (Å²) in [6.07, 6.45) is 0. The summed E-state index contributed by atoms with van der Waals surface area (Å²) < 4.78 is 53.0. The summed E-state index contributed by atoms with van der Waals surface area (Å²) in [6, 6.07) is 9.42. The Balaban J connectivity index is 2.19. The zero-order chi connectivity index (χ0) is 18.3. The fourth-order valence-corrected chi connectivity index (χ4v) is 3.00. The van der Waals surface area contributed by atoms with Crippen LogP contribution in [-0.2, 0) is 21.4 Å². The molecule has 0 radical (unpaired) electrons. The van der Waals surface area contributed by atoms with Gasteiger partial charge in [-0.25, -0.2) is 4.39 Å². The van der Waals surface area contributed by atoms with Gasteiger partial charge in [0.1, 0.15) is 10.7 Å². The Morgan fingerprint density at radius 1 is 1.04 bits per heavy atom. The van der Waals surface area contributed by atoms with E-state index in [1.807, 2.05) is 0 Å². The zero-order valence-electron chi connectivity index (χ0n) is 14.0. The van der Waals surface area contributed by atoms with Gasteiger partial charge < -0.3 is 19.0 Å². The first-order chi connectivity index (χ1) is 12.0. The van der Waals surface area contributed by atoms with Crippen LogP contribution in [0.3, 0.4) is 0 Å². The summed E-state index contributed by atoms with van der Waals surface area (Å²) in [5.74, 6) is -0.176. The Labute approximate surface area is 146 Å². The minimum absolute atomic E-state index is 0.0675. The van der Waals surface area contributed by atoms with E-state index in [4.69, 9.17) is 13.7 Å². The first kappa shape index (κ1) is 19.2. The van der Waals surface area contributed by atoms with E-state index in [0.29, 0.717) is 19.7 Å². The smallest absolute Gasteiger partial charge is 0.339 e. The van der Waals surface area contributed by atoms with E-state index in [1.54, 1.807) is 25.3 Å². The van der Waals surface area contributed by atoms with Crippen molar-refractivity contribution in [3.8, 4) is 11.5 Å². The maximum atomic E-state index is 13.0. The second-order valence-electron chi connectivity index (χ2n) is 5.15. The summed E-state index contributed by atoms with van der Waals surface area (Å²) in [5.41, 5.74) is 0.821. The normalized spacial score (nSPS) is 11.3. The highest BCUT2D eigenvalue weighted by Crippen LogP contribution is 2.31. The van der Waals surface area contributed by atoms with Crippen molar-refractivity contribution in [1.82, 2.24) is 5.32 Å². The summed E-state index contributed by atoms with van der Waals surface area (Å²) in [6.45, 7) is 1.74. The molecule has 0 amide bonds. The van der Waals surface area contributed by atoms with Crippen molar-refractivity contribution in [3.63, 3.8) is 0 Å². The highest BCUT2D eigenvalue weighted by atomic mass is 32.2. The van der Waals surface area contributed by atoms with E-state index in [9.17, 15) is 12.8 Å². The van der Waals surface area contributed by atoms with Gasteiger partial charge >= 0.3 is 10.1 Å². The largest absolute Gasteiger partial charge is 0.493 e. The van der Waals surface area contributed by atoms with Crippen molar-refractivity contribution < 1.29 is 26.5 Å². The lowest BCUT2D eigenvalue weighted by atomic mass is 10.2. The Hall–Kier alpha value is -2.16. The van der Waals surface area contributed by atoms with Crippen molar-refractivity contribution in [1.29, 1.82) is 0 Å². The predicted molar refractivity (Wildman–Crippen MR) is 90.8 cm³/mol. The number of rotatable bonds is 9. The molecule has 2 aromatic rings. The van der Waals surface area contributed by atoms with Crippen LogP contribution in [0.15, 0.2) is 47.4 Å². The van der Waals surface area contributed by atoms with Gasteiger partial charge in [0, 0.05) is 20.2 Å². The second kappa shape index (κ2) is 8.80. The van der Waals surface area contributed by atoms with Gasteiger partial charge in [-0.15, -0.1) is 0 Å². The minimum Gasteiger partial charge on any atom is -0.493 e. The number of methoxy groups -OCH3 is 2. The minimum atomic E-state index is -4.10. The maximum Gasteiger partial charge on any atom is 0.339 e. The molecule has 0 saturated carbocycles. The number of ether oxygens (including phenoxy) is 2. The van der Waals surface area contributed by atoms with Crippen molar-refractivity contribution in [2.24, 2.45) is 0 Å². The van der Waals surface area contributed by atoms with Crippen molar-refractivity contribution in [3.05, 3.63) is 53.8 Å². The molecule has 0 heterocycles. The molecular formula is C17H20FNO5S. The van der Waals surface area contributed by atoms with Gasteiger partial charge in [-0.3, -0.25) is 0 Å². The number of hydrogen-bond donors (Lipinski definition) is 1. The lowest BCUT2D eigenvalue weighted by Crippen LogP contribution is -2.18. The number of benzene rings is 2. The van der Waals surface area contributed by atoms with Gasteiger partial charge in [0.25, 0.3) is 0 Å². The lowest BCUT2D eigenvalue weighted by Gasteiger charge is -2.13. The Kier molecular flexibility index (Phi) is 6.74. The van der Waals surface area contributed by atoms with E-state index < -0.39 is 15.9 Å². The first-order valence-electron chi connectivity index (χ1n) is 7.53. The average Bonchev–Trinajstić information content (AvgIpc) is 2.59. The molecule has 136 valence electrons. The molecule has 0 aliphatic carbocycles. The van der Waals surface area contributed by atoms with Crippen LogP contribution in [-0.4, -0.2) is 35.8 Å². The molecule has 0 saturated heterocycles. The van der Waals surface area contributed by atoms with Crippen LogP contribution in [0.1, 0.15) is 5.56 Å². The van der Waals surface area contributed by atoms with E-state index >= 15 is 0 Å². The fraction of sp³-hybridized carbons (Fsp3) is 0.294. The topological polar surface area (TPSA) is 73.9 Å². The SMILES string of the molecule is COCCNCc1ccc(OC)c(OS(=O)(=O)c2ccc(F)cc2)c1. The van der Waals surface area contributed by atoms with Crippen LogP contribution < -0.4 is 14.2 Å². The third-order valence-corrected chi connectivity index (χ3v) is 4.59. The lowest BCUT2D eigenvalue weighted by molar-refractivity contribution is 0.199. The molecule has 0 bridgehead atoms. The number of halogens is 1. The third kappa shape index (κ3) is 5.42. The van der Waals surface area contributed by atoms with E-state index in [-0.39, 0.29) is 16.4 Å². The van der Waals surface area contributed by atoms with Gasteiger partial charge in [-0.2, -0.15) is 8.42 Å². The predicted octanol–water partition coefficient (Wildman–Crippen LogP) is 2.34. The summed E-state index contributed by atoms with van der Waals surface area (Å²) >= 11 is 0. The summed E-state index contributed by atoms with van der Waals surface area (Å²) in [4.78, 5) is -0.139. The fourth-order valence-electron chi connectivity index (χ4n) is 2.07. The monoisotopic (exact) mass is 369 g/mol. The molecule has 0 aliphatic heterocycles. The highest BCUT2D eigenvalue weighted by Gasteiger charge is 2.19. The van der Waals surface area contributed by atoms with Crippen molar-refractivity contribution >= 4 is 10.1 Å². The molecule has 1 N–H and O–H groups in total. The molecule has 8 heteroatoms. The Bertz CT molecular complexity index is 793. The molecular weight excluding hydrogens is 349 g/mol. The molecule has 2 rings (SSSR count). The third-order valence-electron chi connectivity index (χ3n) is 3.34. The van der Waals surface area contributed by atoms with Crippen LogP contribution in [0.5, 0.6) is 11.5 Å². The molecule has 2 aromatic carbocycles. The van der Waals surface area contributed by atoms with Gasteiger partial charge in [0.15, 0.2) is 11.5 Å². The van der Waals surface area contributed by atoms with Crippen LogP contribution >= 0.6 is 0 Å². The van der Waals surface area contributed by atoms with Crippen LogP contribution in [0, 0.1) is 5.82 Å². The molecule has 0 unspecified atom stereocenters. The number of hydrogen-bond acceptors (Lipinski definition) is 6. The molecule has 0 atom stereocenters. The van der Waals surface area contributed by atoms with Crippen molar-refractivity contribution in [2.45, 2.75) is 11.4 Å². The van der Waals surface area contributed by atoms with E-state index in [0.717, 1.165) is 29.8 Å².